The second-order valence-corrected chi connectivity index (χ2v) is 7.15. The van der Waals surface area contributed by atoms with Crippen LogP contribution in [0.25, 0.3) is 0 Å². The lowest BCUT2D eigenvalue weighted by atomic mass is 10.2. The van der Waals surface area contributed by atoms with Crippen LogP contribution in [0, 0.1) is 0 Å². The van der Waals surface area contributed by atoms with E-state index in [-0.39, 0.29) is 23.2 Å². The molecule has 30 heavy (non-hydrogen) atoms. The second-order valence-electron chi connectivity index (χ2n) is 5.93. The van der Waals surface area contributed by atoms with Crippen LogP contribution in [0.1, 0.15) is 15.9 Å². The van der Waals surface area contributed by atoms with Crippen molar-refractivity contribution in [1.29, 1.82) is 0 Å². The molecule has 1 heterocycles. The first-order valence-electron chi connectivity index (χ1n) is 8.74. The van der Waals surface area contributed by atoms with Crippen molar-refractivity contribution in [2.75, 3.05) is 11.9 Å². The Balaban J connectivity index is 1.53. The number of benzene rings is 2. The molecule has 0 saturated heterocycles. The predicted molar refractivity (Wildman–Crippen MR) is 119 cm³/mol. The Labute approximate surface area is 186 Å². The number of carbonyl (C=O) groups excluding carboxylic acids is 2. The predicted octanol–water partition coefficient (Wildman–Crippen LogP) is 4.28. The standard InChI is InChI=1S/C21H16BrClN4O3/c22-17-11-14(12-25-27-21(29)16-7-4-10-24-20(16)23)8-9-18(17)30-13-19(28)26-15-5-2-1-3-6-15/h1-12H,13H2,(H,26,28)(H,27,29). The topological polar surface area (TPSA) is 92.7 Å². The number of hydrazone groups is 1. The first-order chi connectivity index (χ1) is 14.5. The Hall–Kier alpha value is -3.23. The van der Waals surface area contributed by atoms with E-state index in [2.05, 4.69) is 36.8 Å². The average molecular weight is 488 g/mol. The molecule has 0 bridgehead atoms. The summed E-state index contributed by atoms with van der Waals surface area (Å²) in [6, 6.07) is 17.5. The van der Waals surface area contributed by atoms with Crippen LogP contribution >= 0.6 is 27.5 Å². The molecule has 3 rings (SSSR count). The molecule has 7 nitrogen and oxygen atoms in total. The normalized spacial score (nSPS) is 10.6. The lowest BCUT2D eigenvalue weighted by Crippen LogP contribution is -2.20. The van der Waals surface area contributed by atoms with Gasteiger partial charge in [0.15, 0.2) is 6.61 Å². The maximum absolute atomic E-state index is 12.0. The van der Waals surface area contributed by atoms with Crippen LogP contribution in [0.2, 0.25) is 5.15 Å². The highest BCUT2D eigenvalue weighted by molar-refractivity contribution is 9.10. The van der Waals surface area contributed by atoms with E-state index in [4.69, 9.17) is 16.3 Å². The molecule has 0 saturated carbocycles. The summed E-state index contributed by atoms with van der Waals surface area (Å²) in [6.45, 7) is -0.136. The number of anilines is 1. The smallest absolute Gasteiger partial charge is 0.274 e. The van der Waals surface area contributed by atoms with E-state index in [1.54, 1.807) is 42.5 Å². The minimum Gasteiger partial charge on any atom is -0.483 e. The third-order valence-corrected chi connectivity index (χ3v) is 4.68. The molecule has 0 radical (unpaired) electrons. The molecular formula is C21H16BrClN4O3. The molecule has 1 aromatic heterocycles. The SMILES string of the molecule is O=C(COc1ccc(C=NNC(=O)c2cccnc2Cl)cc1Br)Nc1ccccc1. The van der Waals surface area contributed by atoms with Gasteiger partial charge in [-0.05, 0) is 64.0 Å². The molecule has 2 N–H and O–H groups in total. The van der Waals surface area contributed by atoms with Crippen molar-refractivity contribution in [2.24, 2.45) is 5.10 Å². The van der Waals surface area contributed by atoms with Crippen LogP contribution in [-0.2, 0) is 4.79 Å². The van der Waals surface area contributed by atoms with Crippen molar-refractivity contribution in [3.63, 3.8) is 0 Å². The fraction of sp³-hybridized carbons (Fsp3) is 0.0476. The van der Waals surface area contributed by atoms with Crippen molar-refractivity contribution < 1.29 is 14.3 Å². The minimum atomic E-state index is -0.465. The third kappa shape index (κ3) is 6.13. The van der Waals surface area contributed by atoms with Crippen molar-refractivity contribution in [3.05, 3.63) is 87.6 Å². The average Bonchev–Trinajstić information content (AvgIpc) is 2.74. The molecule has 9 heteroatoms. The zero-order chi connectivity index (χ0) is 21.3. The summed E-state index contributed by atoms with van der Waals surface area (Å²) in [5, 5.41) is 6.76. The molecule has 0 aliphatic heterocycles. The van der Waals surface area contributed by atoms with Crippen LogP contribution in [0.3, 0.4) is 0 Å². The van der Waals surface area contributed by atoms with Gasteiger partial charge in [0.05, 0.1) is 16.3 Å². The highest BCUT2D eigenvalue weighted by Crippen LogP contribution is 2.25. The Morgan fingerprint density at radius 1 is 1.13 bits per heavy atom. The minimum absolute atomic E-state index is 0.103. The van der Waals surface area contributed by atoms with Gasteiger partial charge < -0.3 is 10.1 Å². The van der Waals surface area contributed by atoms with Crippen LogP contribution in [-0.4, -0.2) is 29.6 Å². The lowest BCUT2D eigenvalue weighted by Gasteiger charge is -2.09. The first-order valence-corrected chi connectivity index (χ1v) is 9.91. The van der Waals surface area contributed by atoms with Crippen LogP contribution < -0.4 is 15.5 Å². The van der Waals surface area contributed by atoms with E-state index in [1.165, 1.54) is 12.4 Å². The van der Waals surface area contributed by atoms with Gasteiger partial charge in [0.25, 0.3) is 11.8 Å². The fourth-order valence-electron chi connectivity index (χ4n) is 2.36. The van der Waals surface area contributed by atoms with Gasteiger partial charge in [-0.3, -0.25) is 9.59 Å². The monoisotopic (exact) mass is 486 g/mol. The summed E-state index contributed by atoms with van der Waals surface area (Å²) in [6.07, 6.45) is 2.97. The van der Waals surface area contributed by atoms with Gasteiger partial charge >= 0.3 is 0 Å². The Kier molecular flexibility index (Phi) is 7.53. The van der Waals surface area contributed by atoms with Gasteiger partial charge in [0.2, 0.25) is 0 Å². The number of para-hydroxylation sites is 1. The number of amides is 2. The van der Waals surface area contributed by atoms with E-state index >= 15 is 0 Å². The van der Waals surface area contributed by atoms with Crippen molar-refractivity contribution >= 4 is 51.2 Å². The third-order valence-electron chi connectivity index (χ3n) is 3.76. The number of nitrogens with zero attached hydrogens (tertiary/aromatic N) is 2. The van der Waals surface area contributed by atoms with Crippen molar-refractivity contribution in [1.82, 2.24) is 10.4 Å². The molecule has 0 fully saturated rings. The number of pyridine rings is 1. The number of nitrogens with one attached hydrogen (secondary N) is 2. The molecule has 0 aliphatic carbocycles. The lowest BCUT2D eigenvalue weighted by molar-refractivity contribution is -0.118. The van der Waals surface area contributed by atoms with Crippen LogP contribution in [0.15, 0.2) is 76.4 Å². The van der Waals surface area contributed by atoms with Crippen LogP contribution in [0.4, 0.5) is 5.69 Å². The highest BCUT2D eigenvalue weighted by atomic mass is 79.9. The van der Waals surface area contributed by atoms with Gasteiger partial charge in [-0.25, -0.2) is 10.4 Å². The molecule has 0 spiro atoms. The number of rotatable bonds is 7. The molecule has 0 atom stereocenters. The maximum atomic E-state index is 12.0. The maximum Gasteiger partial charge on any atom is 0.274 e. The summed E-state index contributed by atoms with van der Waals surface area (Å²) >= 11 is 9.28. The van der Waals surface area contributed by atoms with Gasteiger partial charge in [0.1, 0.15) is 10.9 Å². The summed E-state index contributed by atoms with van der Waals surface area (Å²) in [5.41, 5.74) is 4.03. The summed E-state index contributed by atoms with van der Waals surface area (Å²) < 4.78 is 6.18. The molecule has 2 aromatic carbocycles. The van der Waals surface area contributed by atoms with E-state index in [0.29, 0.717) is 21.5 Å². The van der Waals surface area contributed by atoms with Gasteiger partial charge in [-0.2, -0.15) is 5.10 Å². The second kappa shape index (κ2) is 10.5. The molecule has 0 aliphatic rings. The number of aromatic nitrogens is 1. The van der Waals surface area contributed by atoms with E-state index < -0.39 is 5.91 Å². The fourth-order valence-corrected chi connectivity index (χ4v) is 3.07. The first kappa shape index (κ1) is 21.5. The van der Waals surface area contributed by atoms with Crippen LogP contribution in [0.5, 0.6) is 5.75 Å². The quantitative estimate of drug-likeness (QED) is 0.296. The zero-order valence-electron chi connectivity index (χ0n) is 15.5. The van der Waals surface area contributed by atoms with Gasteiger partial charge in [0, 0.05) is 11.9 Å². The highest BCUT2D eigenvalue weighted by Gasteiger charge is 2.09. The van der Waals surface area contributed by atoms with Crippen molar-refractivity contribution in [2.45, 2.75) is 0 Å². The largest absolute Gasteiger partial charge is 0.483 e. The number of carbonyl (C=O) groups is 2. The van der Waals surface area contributed by atoms with Crippen molar-refractivity contribution in [3.8, 4) is 5.75 Å². The summed E-state index contributed by atoms with van der Waals surface area (Å²) in [5.74, 6) is -0.232. The summed E-state index contributed by atoms with van der Waals surface area (Å²) in [4.78, 5) is 27.9. The number of hydrogen-bond donors (Lipinski definition) is 2. The van der Waals surface area contributed by atoms with E-state index in [1.807, 2.05) is 18.2 Å². The van der Waals surface area contributed by atoms with E-state index in [9.17, 15) is 9.59 Å². The van der Waals surface area contributed by atoms with Gasteiger partial charge in [-0.1, -0.05) is 29.8 Å². The van der Waals surface area contributed by atoms with E-state index in [0.717, 1.165) is 0 Å². The number of halogens is 2. The number of hydrogen-bond acceptors (Lipinski definition) is 5. The Morgan fingerprint density at radius 3 is 2.67 bits per heavy atom. The molecule has 0 unspecified atom stereocenters. The van der Waals surface area contributed by atoms with Gasteiger partial charge in [-0.15, -0.1) is 0 Å². The molecule has 3 aromatic rings. The molecule has 2 amide bonds. The Bertz CT molecular complexity index is 1080. The molecular weight excluding hydrogens is 472 g/mol. The summed E-state index contributed by atoms with van der Waals surface area (Å²) in [7, 11) is 0. The zero-order valence-corrected chi connectivity index (χ0v) is 17.9. The Morgan fingerprint density at radius 2 is 1.93 bits per heavy atom. The number of ether oxygens (including phenoxy) is 1. The molecule has 152 valence electrons.